The molecule has 0 saturated heterocycles. The number of carbonyl (C=O) groups is 1. The number of hydrogen-bond donors (Lipinski definition) is 3. The van der Waals surface area contributed by atoms with Gasteiger partial charge in [-0.25, -0.2) is 4.57 Å². The molecule has 3 N–H and O–H groups in total. The molecule has 3 unspecified atom stereocenters. The summed E-state index contributed by atoms with van der Waals surface area (Å²) in [5.41, 5.74) is 0. The van der Waals surface area contributed by atoms with Gasteiger partial charge < -0.3 is 24.6 Å². The number of phosphoric acid groups is 1. The highest BCUT2D eigenvalue weighted by Crippen LogP contribution is 2.43. The molecular weight excluding hydrogens is 872 g/mol. The van der Waals surface area contributed by atoms with Gasteiger partial charge in [-0.3, -0.25) is 13.8 Å². The Labute approximate surface area is 419 Å². The maximum Gasteiger partial charge on any atom is 0.472 e. The summed E-state index contributed by atoms with van der Waals surface area (Å²) >= 11 is 0. The number of unbranched alkanes of at least 4 members (excludes halogenated alkanes) is 30. The maximum absolute atomic E-state index is 12.7. The van der Waals surface area contributed by atoms with Crippen molar-refractivity contribution in [2.75, 3.05) is 33.0 Å². The van der Waals surface area contributed by atoms with Crippen molar-refractivity contribution < 1.29 is 43.0 Å². The lowest BCUT2D eigenvalue weighted by molar-refractivity contribution is -0.154. The molecule has 398 valence electrons. The summed E-state index contributed by atoms with van der Waals surface area (Å²) in [6.07, 6.45) is 66.2. The zero-order valence-electron chi connectivity index (χ0n) is 44.1. The summed E-state index contributed by atoms with van der Waals surface area (Å²) in [4.78, 5) is 22.8. The minimum Gasteiger partial charge on any atom is -0.457 e. The summed E-state index contributed by atoms with van der Waals surface area (Å²) in [5, 5.41) is 18.5. The third-order valence-corrected chi connectivity index (χ3v) is 13.1. The average Bonchev–Trinajstić information content (AvgIpc) is 3.33. The number of carbonyl (C=O) groups excluding carboxylic acids is 1. The largest absolute Gasteiger partial charge is 0.472 e. The Morgan fingerprint density at radius 3 is 1.19 bits per heavy atom. The molecule has 9 nitrogen and oxygen atoms in total. The van der Waals surface area contributed by atoms with Crippen LogP contribution in [0.25, 0.3) is 0 Å². The molecular formula is C58H107O9P. The lowest BCUT2D eigenvalue weighted by Crippen LogP contribution is -2.29. The van der Waals surface area contributed by atoms with Crippen LogP contribution >= 0.6 is 7.82 Å². The SMILES string of the molecule is CCCCCCC/C=C\C/C=C\C/C=C\CCCCCCCCCCCOCC(COP(=O)(O)OCC(O)CO)OC(=O)CCCCCCCCCCCCC/C=C\C/C=C\CCCCCCC. The third-order valence-electron chi connectivity index (χ3n) is 12.2. The Bertz CT molecular complexity index is 1250. The first-order valence-corrected chi connectivity index (χ1v) is 29.8. The Balaban J connectivity index is 4.05. The van der Waals surface area contributed by atoms with Gasteiger partial charge in [0.1, 0.15) is 12.2 Å². The van der Waals surface area contributed by atoms with Gasteiger partial charge in [0.25, 0.3) is 0 Å². The highest BCUT2D eigenvalue weighted by molar-refractivity contribution is 7.47. The van der Waals surface area contributed by atoms with Gasteiger partial charge >= 0.3 is 13.8 Å². The molecule has 0 radical (unpaired) electrons. The van der Waals surface area contributed by atoms with E-state index in [2.05, 4.69) is 74.6 Å². The van der Waals surface area contributed by atoms with Crippen LogP contribution in [0.3, 0.4) is 0 Å². The summed E-state index contributed by atoms with van der Waals surface area (Å²) in [5.74, 6) is -0.385. The molecule has 0 aromatic heterocycles. The molecule has 0 bridgehead atoms. The monoisotopic (exact) mass is 979 g/mol. The minimum absolute atomic E-state index is 0.0438. The van der Waals surface area contributed by atoms with Crippen LogP contribution < -0.4 is 0 Å². The Hall–Kier alpha value is -1.84. The van der Waals surface area contributed by atoms with Crippen molar-refractivity contribution in [3.63, 3.8) is 0 Å². The first-order chi connectivity index (χ1) is 33.3. The fourth-order valence-electron chi connectivity index (χ4n) is 7.87. The summed E-state index contributed by atoms with van der Waals surface area (Å²) < 4.78 is 33.6. The Morgan fingerprint density at radius 1 is 0.456 bits per heavy atom. The van der Waals surface area contributed by atoms with Crippen molar-refractivity contribution in [2.24, 2.45) is 0 Å². The predicted molar refractivity (Wildman–Crippen MR) is 288 cm³/mol. The molecule has 0 fully saturated rings. The van der Waals surface area contributed by atoms with Crippen LogP contribution in [-0.2, 0) is 27.9 Å². The van der Waals surface area contributed by atoms with Crippen LogP contribution in [0.4, 0.5) is 0 Å². The van der Waals surface area contributed by atoms with Crippen LogP contribution in [0.2, 0.25) is 0 Å². The van der Waals surface area contributed by atoms with E-state index in [4.69, 9.17) is 23.6 Å². The molecule has 0 aliphatic rings. The van der Waals surface area contributed by atoms with Crippen molar-refractivity contribution in [1.29, 1.82) is 0 Å². The highest BCUT2D eigenvalue weighted by atomic mass is 31.2. The second-order valence-corrected chi connectivity index (χ2v) is 20.4. The van der Waals surface area contributed by atoms with Crippen molar-refractivity contribution in [2.45, 2.75) is 270 Å². The zero-order chi connectivity index (χ0) is 49.5. The van der Waals surface area contributed by atoms with E-state index in [9.17, 15) is 19.4 Å². The van der Waals surface area contributed by atoms with Crippen molar-refractivity contribution in [3.05, 3.63) is 60.8 Å². The van der Waals surface area contributed by atoms with Gasteiger partial charge in [0.15, 0.2) is 0 Å². The topological polar surface area (TPSA) is 132 Å². The number of phosphoric ester groups is 1. The number of esters is 1. The summed E-state index contributed by atoms with van der Waals surface area (Å²) in [6.45, 7) is 3.52. The van der Waals surface area contributed by atoms with Crippen LogP contribution in [0.15, 0.2) is 60.8 Å². The highest BCUT2D eigenvalue weighted by Gasteiger charge is 2.26. The molecule has 0 aromatic carbocycles. The lowest BCUT2D eigenvalue weighted by Gasteiger charge is -2.20. The normalized spacial score (nSPS) is 14.1. The summed E-state index contributed by atoms with van der Waals surface area (Å²) in [6, 6.07) is 0. The maximum atomic E-state index is 12.7. The van der Waals surface area contributed by atoms with Gasteiger partial charge in [-0.1, -0.05) is 229 Å². The van der Waals surface area contributed by atoms with Crippen LogP contribution in [-0.4, -0.2) is 66.3 Å². The average molecular weight is 979 g/mol. The molecule has 0 amide bonds. The number of aliphatic hydroxyl groups excluding tert-OH is 2. The first-order valence-electron chi connectivity index (χ1n) is 28.3. The molecule has 68 heavy (non-hydrogen) atoms. The fourth-order valence-corrected chi connectivity index (χ4v) is 8.66. The molecule has 0 aliphatic carbocycles. The number of hydrogen-bond acceptors (Lipinski definition) is 8. The number of allylic oxidation sites excluding steroid dienone is 10. The third kappa shape index (κ3) is 53.5. The molecule has 0 spiro atoms. The van der Waals surface area contributed by atoms with Crippen LogP contribution in [0.5, 0.6) is 0 Å². The van der Waals surface area contributed by atoms with Gasteiger partial charge in [0.05, 0.1) is 26.4 Å². The van der Waals surface area contributed by atoms with Crippen molar-refractivity contribution in [3.8, 4) is 0 Å². The summed E-state index contributed by atoms with van der Waals surface area (Å²) in [7, 11) is -4.53. The van der Waals surface area contributed by atoms with E-state index >= 15 is 0 Å². The van der Waals surface area contributed by atoms with Gasteiger partial charge in [-0.05, 0) is 83.5 Å². The fraction of sp³-hybridized carbons (Fsp3) is 0.810. The first kappa shape index (κ1) is 66.2. The van der Waals surface area contributed by atoms with Gasteiger partial charge in [-0.2, -0.15) is 0 Å². The van der Waals surface area contributed by atoms with E-state index in [0.29, 0.717) is 6.61 Å². The Kier molecular flexibility index (Phi) is 53.0. The number of ether oxygens (including phenoxy) is 2. The van der Waals surface area contributed by atoms with Gasteiger partial charge in [0.2, 0.25) is 0 Å². The minimum atomic E-state index is -4.53. The number of aliphatic hydroxyl groups is 2. The van der Waals surface area contributed by atoms with E-state index in [1.807, 2.05) is 0 Å². The molecule has 0 saturated carbocycles. The molecule has 0 rings (SSSR count). The zero-order valence-corrected chi connectivity index (χ0v) is 45.0. The Morgan fingerprint density at radius 2 is 0.794 bits per heavy atom. The quantitative estimate of drug-likeness (QED) is 0.0236. The smallest absolute Gasteiger partial charge is 0.457 e. The van der Waals surface area contributed by atoms with E-state index < -0.39 is 33.2 Å². The van der Waals surface area contributed by atoms with Crippen molar-refractivity contribution in [1.82, 2.24) is 0 Å². The van der Waals surface area contributed by atoms with E-state index in [1.165, 1.54) is 173 Å². The number of rotatable bonds is 54. The molecule has 0 aliphatic heterocycles. The molecule has 10 heteroatoms. The molecule has 0 heterocycles. The lowest BCUT2D eigenvalue weighted by atomic mass is 10.0. The van der Waals surface area contributed by atoms with Gasteiger partial charge in [-0.15, -0.1) is 0 Å². The van der Waals surface area contributed by atoms with Crippen LogP contribution in [0.1, 0.15) is 258 Å². The second-order valence-electron chi connectivity index (χ2n) is 19.0. The predicted octanol–water partition coefficient (Wildman–Crippen LogP) is 17.0. The van der Waals surface area contributed by atoms with E-state index in [-0.39, 0.29) is 25.6 Å². The van der Waals surface area contributed by atoms with Crippen molar-refractivity contribution >= 4 is 13.8 Å². The molecule has 0 aromatic rings. The van der Waals surface area contributed by atoms with E-state index in [1.54, 1.807) is 0 Å². The molecule has 3 atom stereocenters. The van der Waals surface area contributed by atoms with E-state index in [0.717, 1.165) is 64.2 Å². The second kappa shape index (κ2) is 54.5. The van der Waals surface area contributed by atoms with Gasteiger partial charge in [0, 0.05) is 13.0 Å². The standard InChI is InChI=1S/C58H107O9P/c1-3-5-7-9-11-13-15-17-19-21-23-25-27-29-31-33-35-37-39-41-43-45-47-49-51-64-54-57(55-66-68(62,63)65-53-56(60)52-59)67-58(61)50-48-46-44-42-40-38-36-34-32-30-28-26-24-22-20-18-16-14-12-10-8-6-4-2/h15-18,21-24,27,29,56-57,59-60H,3-14,19-20,25-26,28,30-55H2,1-2H3,(H,62,63)/b17-15-,18-16-,23-21-,24-22-,29-27-. The van der Waals surface area contributed by atoms with Crippen LogP contribution in [0, 0.1) is 0 Å².